The highest BCUT2D eigenvalue weighted by Gasteiger charge is 2.22. The molecule has 1 aliphatic carbocycles. The molecule has 7 heteroatoms. The summed E-state index contributed by atoms with van der Waals surface area (Å²) in [5.41, 5.74) is 3.79. The van der Waals surface area contributed by atoms with E-state index in [1.165, 1.54) is 47.0 Å². The summed E-state index contributed by atoms with van der Waals surface area (Å²) in [6, 6.07) is 10.00. The van der Waals surface area contributed by atoms with Crippen molar-refractivity contribution in [3.05, 3.63) is 51.7 Å². The summed E-state index contributed by atoms with van der Waals surface area (Å²) in [5.74, 6) is 1.27. The molecule has 1 amide bonds. The number of fused-ring (bicyclic) bond motifs is 1. The van der Waals surface area contributed by atoms with E-state index in [0.717, 1.165) is 29.5 Å². The first-order valence-corrected chi connectivity index (χ1v) is 12.0. The van der Waals surface area contributed by atoms with Crippen LogP contribution in [0.15, 0.2) is 40.9 Å². The molecule has 0 spiro atoms. The zero-order chi connectivity index (χ0) is 20.2. The topological polar surface area (TPSA) is 59.8 Å². The van der Waals surface area contributed by atoms with Crippen LogP contribution in [0.1, 0.15) is 48.7 Å². The molecule has 0 radical (unpaired) electrons. The van der Waals surface area contributed by atoms with Crippen LogP contribution in [0, 0.1) is 0 Å². The second-order valence-electron chi connectivity index (χ2n) is 7.30. The van der Waals surface area contributed by atoms with E-state index >= 15 is 0 Å². The number of hydrogen-bond donors (Lipinski definition) is 1. The van der Waals surface area contributed by atoms with Crippen molar-refractivity contribution in [1.29, 1.82) is 0 Å². The maximum Gasteiger partial charge on any atom is 0.230 e. The summed E-state index contributed by atoms with van der Waals surface area (Å²) in [4.78, 5) is 13.9. The maximum absolute atomic E-state index is 12.4. The number of aryl methyl sites for hydroxylation is 1. The number of thiophene rings is 1. The molecule has 0 fully saturated rings. The number of rotatable bonds is 7. The number of carbonyl (C=O) groups excluding carboxylic acids is 1. The summed E-state index contributed by atoms with van der Waals surface area (Å²) in [7, 11) is 0. The van der Waals surface area contributed by atoms with Gasteiger partial charge in [0, 0.05) is 22.4 Å². The average molecular weight is 427 g/mol. The van der Waals surface area contributed by atoms with Gasteiger partial charge in [-0.05, 0) is 50.7 Å². The number of aromatic nitrogens is 3. The van der Waals surface area contributed by atoms with Gasteiger partial charge in [-0.15, -0.1) is 21.5 Å². The number of hydrogen-bond acceptors (Lipinski definition) is 5. The van der Waals surface area contributed by atoms with Gasteiger partial charge in [0.25, 0.3) is 0 Å². The number of nitrogens with zero attached hydrogens (tertiary/aromatic N) is 3. The van der Waals surface area contributed by atoms with E-state index in [2.05, 4.69) is 32.4 Å². The lowest BCUT2D eigenvalue weighted by Crippen LogP contribution is -2.28. The lowest BCUT2D eigenvalue weighted by molar-refractivity contribution is -0.119. The average Bonchev–Trinajstić information content (AvgIpc) is 3.36. The lowest BCUT2D eigenvalue weighted by Gasteiger charge is -2.14. The van der Waals surface area contributed by atoms with E-state index in [9.17, 15) is 4.79 Å². The van der Waals surface area contributed by atoms with Crippen LogP contribution in [0.5, 0.6) is 0 Å². The number of thioether (sulfide) groups is 1. The zero-order valence-electron chi connectivity index (χ0n) is 16.9. The Hall–Kier alpha value is -2.12. The van der Waals surface area contributed by atoms with Crippen LogP contribution < -0.4 is 5.32 Å². The van der Waals surface area contributed by atoms with Crippen LogP contribution in [0.4, 0.5) is 0 Å². The van der Waals surface area contributed by atoms with Crippen molar-refractivity contribution in [2.45, 2.75) is 57.3 Å². The minimum absolute atomic E-state index is 0.00599. The van der Waals surface area contributed by atoms with E-state index in [-0.39, 0.29) is 11.9 Å². The molecule has 1 unspecified atom stereocenters. The third-order valence-corrected chi connectivity index (χ3v) is 7.40. The summed E-state index contributed by atoms with van der Waals surface area (Å²) < 4.78 is 2.13. The largest absolute Gasteiger partial charge is 0.349 e. The Kier molecular flexibility index (Phi) is 6.35. The van der Waals surface area contributed by atoms with E-state index in [0.29, 0.717) is 5.75 Å². The number of carbonyl (C=O) groups is 1. The molecule has 2 aromatic heterocycles. The third kappa shape index (κ3) is 4.41. The van der Waals surface area contributed by atoms with Gasteiger partial charge in [-0.1, -0.05) is 42.1 Å². The van der Waals surface area contributed by atoms with Crippen LogP contribution in [0.3, 0.4) is 0 Å². The highest BCUT2D eigenvalue weighted by Crippen LogP contribution is 2.36. The van der Waals surface area contributed by atoms with Gasteiger partial charge in [0.05, 0.1) is 11.8 Å². The first-order valence-electron chi connectivity index (χ1n) is 10.2. The Morgan fingerprint density at radius 3 is 2.83 bits per heavy atom. The molecule has 1 atom stereocenters. The molecule has 1 aliphatic rings. The van der Waals surface area contributed by atoms with Gasteiger partial charge in [0.2, 0.25) is 5.91 Å². The molecular weight excluding hydrogens is 400 g/mol. The Morgan fingerprint density at radius 2 is 2.03 bits per heavy atom. The van der Waals surface area contributed by atoms with Crippen molar-refractivity contribution in [2.24, 2.45) is 0 Å². The first kappa shape index (κ1) is 20.2. The van der Waals surface area contributed by atoms with Gasteiger partial charge >= 0.3 is 0 Å². The van der Waals surface area contributed by atoms with E-state index < -0.39 is 0 Å². The molecule has 1 N–H and O–H groups in total. The van der Waals surface area contributed by atoms with E-state index in [1.54, 1.807) is 0 Å². The normalized spacial score (nSPS) is 14.4. The molecule has 5 nitrogen and oxygen atoms in total. The van der Waals surface area contributed by atoms with Crippen LogP contribution in [0.25, 0.3) is 11.4 Å². The molecule has 29 heavy (non-hydrogen) atoms. The summed E-state index contributed by atoms with van der Waals surface area (Å²) >= 11 is 3.30. The van der Waals surface area contributed by atoms with Gasteiger partial charge in [-0.3, -0.25) is 4.79 Å². The molecule has 0 saturated carbocycles. The highest BCUT2D eigenvalue weighted by molar-refractivity contribution is 7.99. The van der Waals surface area contributed by atoms with Crippen LogP contribution in [0.2, 0.25) is 0 Å². The fourth-order valence-electron chi connectivity index (χ4n) is 3.80. The molecule has 4 rings (SSSR count). The van der Waals surface area contributed by atoms with Gasteiger partial charge in [0.15, 0.2) is 11.0 Å². The fraction of sp³-hybridized carbons (Fsp3) is 0.409. The van der Waals surface area contributed by atoms with Crippen molar-refractivity contribution in [3.63, 3.8) is 0 Å². The smallest absolute Gasteiger partial charge is 0.230 e. The minimum Gasteiger partial charge on any atom is -0.349 e. The summed E-state index contributed by atoms with van der Waals surface area (Å²) in [6.07, 6.45) is 4.85. The molecule has 152 valence electrons. The van der Waals surface area contributed by atoms with Gasteiger partial charge in [-0.2, -0.15) is 0 Å². The van der Waals surface area contributed by atoms with Crippen molar-refractivity contribution in [3.8, 4) is 11.4 Å². The van der Waals surface area contributed by atoms with Crippen molar-refractivity contribution in [2.75, 3.05) is 5.75 Å². The maximum atomic E-state index is 12.4. The zero-order valence-corrected chi connectivity index (χ0v) is 18.5. The van der Waals surface area contributed by atoms with Gasteiger partial charge < -0.3 is 9.88 Å². The molecule has 0 saturated heterocycles. The molecule has 2 heterocycles. The van der Waals surface area contributed by atoms with Crippen LogP contribution in [-0.2, 0) is 24.2 Å². The third-order valence-electron chi connectivity index (χ3n) is 5.34. The molecule has 0 aliphatic heterocycles. The first-order chi connectivity index (χ1) is 14.2. The molecule has 3 aromatic rings. The fourth-order valence-corrected chi connectivity index (χ4v) is 5.74. The second-order valence-corrected chi connectivity index (χ2v) is 9.20. The number of nitrogens with one attached hydrogen (secondary N) is 1. The highest BCUT2D eigenvalue weighted by atomic mass is 32.2. The molecule has 1 aromatic carbocycles. The van der Waals surface area contributed by atoms with Crippen molar-refractivity contribution in [1.82, 2.24) is 20.1 Å². The van der Waals surface area contributed by atoms with Crippen molar-refractivity contribution >= 4 is 29.0 Å². The predicted octanol–water partition coefficient (Wildman–Crippen LogP) is 4.87. The van der Waals surface area contributed by atoms with Gasteiger partial charge in [-0.25, -0.2) is 0 Å². The Balaban J connectivity index is 1.43. The summed E-state index contributed by atoms with van der Waals surface area (Å²) in [6.45, 7) is 4.90. The Bertz CT molecular complexity index is 980. The quantitative estimate of drug-likeness (QED) is 0.547. The second kappa shape index (κ2) is 9.13. The summed E-state index contributed by atoms with van der Waals surface area (Å²) in [5, 5.41) is 15.0. The monoisotopic (exact) mass is 426 g/mol. The van der Waals surface area contributed by atoms with E-state index in [4.69, 9.17) is 0 Å². The Labute approximate surface area is 179 Å². The molecular formula is C22H26N4OS2. The van der Waals surface area contributed by atoms with Gasteiger partial charge in [0.1, 0.15) is 0 Å². The SMILES string of the molecule is CCn1c(SCC(=O)NC(C)c2ccccc2)nnc1-c1csc2c1CCCC2. The minimum atomic E-state index is -0.0127. The number of amides is 1. The van der Waals surface area contributed by atoms with Crippen molar-refractivity contribution < 1.29 is 4.79 Å². The standard InChI is InChI=1S/C22H26N4OS2/c1-3-26-21(18-13-28-19-12-8-7-11-17(18)19)24-25-22(26)29-14-20(27)23-15(2)16-9-5-4-6-10-16/h4-6,9-10,13,15H,3,7-8,11-12,14H2,1-2H3,(H,23,27). The van der Waals surface area contributed by atoms with Crippen LogP contribution in [-0.4, -0.2) is 26.4 Å². The predicted molar refractivity (Wildman–Crippen MR) is 119 cm³/mol. The lowest BCUT2D eigenvalue weighted by atomic mass is 9.96. The molecule has 0 bridgehead atoms. The Morgan fingerprint density at radius 1 is 1.24 bits per heavy atom. The van der Waals surface area contributed by atoms with E-state index in [1.807, 2.05) is 48.6 Å². The van der Waals surface area contributed by atoms with Crippen LogP contribution >= 0.6 is 23.1 Å². The number of benzene rings is 1.